The fourth-order valence-electron chi connectivity index (χ4n) is 18.8. The van der Waals surface area contributed by atoms with E-state index in [1.54, 1.807) is 22.7 Å². The summed E-state index contributed by atoms with van der Waals surface area (Å²) in [6.07, 6.45) is 87.0. The highest BCUT2D eigenvalue weighted by atomic mass is 32.1. The first-order chi connectivity index (χ1) is 58.3. The molecule has 6 heteroatoms. The molecule has 4 heterocycles. The van der Waals surface area contributed by atoms with Gasteiger partial charge in [0.2, 0.25) is 0 Å². The topological polar surface area (TPSA) is 40.5 Å². The zero-order valence-electron chi connectivity index (χ0n) is 75.6. The number of benzene rings is 5. The van der Waals surface area contributed by atoms with Gasteiger partial charge in [-0.15, -0.1) is 45.3 Å². The van der Waals surface area contributed by atoms with Crippen LogP contribution in [0.15, 0.2) is 144 Å². The lowest BCUT2D eigenvalue weighted by molar-refractivity contribution is 0.126. The van der Waals surface area contributed by atoms with Gasteiger partial charge in [-0.2, -0.15) is 0 Å². The summed E-state index contributed by atoms with van der Waals surface area (Å²) in [6, 6.07) is 50.3. The molecule has 0 atom stereocenters. The highest BCUT2D eigenvalue weighted by Crippen LogP contribution is 2.51. The minimum absolute atomic E-state index is 0.932. The Labute approximate surface area is 739 Å². The number of hydrogen-bond acceptors (Lipinski definition) is 6. The second kappa shape index (κ2) is 59.2. The molecule has 2 nitrogen and oxygen atoms in total. The van der Waals surface area contributed by atoms with E-state index in [0.29, 0.717) is 0 Å². The molecule has 0 aliphatic rings. The van der Waals surface area contributed by atoms with Crippen molar-refractivity contribution in [3.8, 4) is 19.5 Å². The Balaban J connectivity index is 0.860. The van der Waals surface area contributed by atoms with Crippen molar-refractivity contribution in [2.75, 3.05) is 0 Å². The van der Waals surface area contributed by atoms with Crippen molar-refractivity contribution in [3.63, 3.8) is 0 Å². The predicted molar refractivity (Wildman–Crippen MR) is 528 cm³/mol. The molecule has 0 bridgehead atoms. The first-order valence-corrected chi connectivity index (χ1v) is 53.6. The number of rotatable bonds is 72. The highest BCUT2D eigenvalue weighted by molar-refractivity contribution is 7.27. The van der Waals surface area contributed by atoms with Gasteiger partial charge in [0, 0.05) is 30.3 Å². The molecular weight excluding hydrogens is 1510 g/mol. The molecule has 118 heavy (non-hydrogen) atoms. The van der Waals surface area contributed by atoms with Gasteiger partial charge in [0.1, 0.15) is 11.2 Å². The maximum Gasteiger partial charge on any atom is 0.142 e. The average Bonchev–Trinajstić information content (AvgIpc) is 1.54. The predicted octanol–water partition coefficient (Wildman–Crippen LogP) is 37.8. The fourth-order valence-corrected chi connectivity index (χ4v) is 23.1. The molecule has 0 radical (unpaired) electrons. The summed E-state index contributed by atoms with van der Waals surface area (Å²) in [7, 11) is 0. The summed E-state index contributed by atoms with van der Waals surface area (Å²) in [4.78, 5) is 4.65. The van der Waals surface area contributed by atoms with Gasteiger partial charge in [0.15, 0.2) is 0 Å². The monoisotopic (exact) mass is 1670 g/mol. The van der Waals surface area contributed by atoms with Gasteiger partial charge in [-0.05, 0) is 154 Å². The SMILES string of the molecule is CCCCCCCCCCCCCCCCCCc1ccc(C(O)(c2ccc(CCCCCCCCCCCCCCCCCC)cc2)c2ccsc2-c2cc3cc4sc(-c5sccc5C(O)(c5ccc(CCCCCCCCCCCCCCCC)cc5)c5ccc(CCCCCCCCCCCCCCCC)cc5)cc4cc3s2)cc1. The van der Waals surface area contributed by atoms with E-state index in [1.807, 2.05) is 22.7 Å². The fraction of sp³-hybridized carbons (Fsp3) is 0.625. The van der Waals surface area contributed by atoms with Crippen LogP contribution < -0.4 is 0 Å². The van der Waals surface area contributed by atoms with E-state index in [4.69, 9.17) is 0 Å². The molecule has 0 spiro atoms. The molecule has 0 fully saturated rings. The third kappa shape index (κ3) is 34.1. The Morgan fingerprint density at radius 1 is 0.212 bits per heavy atom. The van der Waals surface area contributed by atoms with Crippen LogP contribution in [0.25, 0.3) is 39.7 Å². The maximum absolute atomic E-state index is 13.9. The quantitative estimate of drug-likeness (QED) is 0.0373. The molecular formula is C112H166O2S4. The zero-order chi connectivity index (χ0) is 82.4. The van der Waals surface area contributed by atoms with Crippen molar-refractivity contribution in [1.29, 1.82) is 0 Å². The van der Waals surface area contributed by atoms with Gasteiger partial charge in [-0.3, -0.25) is 0 Å². The Morgan fingerprint density at radius 3 is 0.576 bits per heavy atom. The third-order valence-corrected chi connectivity index (χ3v) is 30.9. The van der Waals surface area contributed by atoms with Crippen LogP contribution >= 0.6 is 45.3 Å². The normalized spacial score (nSPS) is 12.1. The Morgan fingerprint density at radius 2 is 0.390 bits per heavy atom. The van der Waals surface area contributed by atoms with E-state index in [2.05, 4.69) is 172 Å². The molecule has 0 amide bonds. The number of unbranched alkanes of at least 4 members (excludes halogenated alkanes) is 56. The first-order valence-electron chi connectivity index (χ1n) is 50.2. The number of thiophene rings is 4. The Kier molecular flexibility index (Phi) is 48.8. The highest BCUT2D eigenvalue weighted by Gasteiger charge is 2.39. The summed E-state index contributed by atoms with van der Waals surface area (Å²) in [6.45, 7) is 9.24. The summed E-state index contributed by atoms with van der Waals surface area (Å²) < 4.78 is 2.50. The van der Waals surface area contributed by atoms with E-state index >= 15 is 0 Å². The largest absolute Gasteiger partial charge is 0.376 e. The van der Waals surface area contributed by atoms with Gasteiger partial charge in [-0.1, -0.05) is 484 Å². The smallest absolute Gasteiger partial charge is 0.142 e. The van der Waals surface area contributed by atoms with Crippen LogP contribution in [0.4, 0.5) is 0 Å². The molecule has 2 N–H and O–H groups in total. The lowest BCUT2D eigenvalue weighted by atomic mass is 9.79. The van der Waals surface area contributed by atoms with E-state index in [1.165, 1.54) is 437 Å². The average molecular weight is 1670 g/mol. The van der Waals surface area contributed by atoms with E-state index in [-0.39, 0.29) is 0 Å². The zero-order valence-corrected chi connectivity index (χ0v) is 78.9. The van der Waals surface area contributed by atoms with Crippen molar-refractivity contribution >= 4 is 65.5 Å². The third-order valence-electron chi connectivity index (χ3n) is 26.5. The molecule has 9 rings (SSSR count). The van der Waals surface area contributed by atoms with Crippen LogP contribution in [0, 0.1) is 0 Å². The number of hydrogen-bond donors (Lipinski definition) is 2. The molecule has 9 aromatic rings. The number of aliphatic hydroxyl groups is 2. The van der Waals surface area contributed by atoms with Crippen LogP contribution in [-0.2, 0) is 36.9 Å². The van der Waals surface area contributed by atoms with E-state index in [0.717, 1.165) is 68.8 Å². The van der Waals surface area contributed by atoms with Crippen molar-refractivity contribution in [2.24, 2.45) is 0 Å². The molecule has 0 unspecified atom stereocenters. The molecule has 0 aliphatic heterocycles. The van der Waals surface area contributed by atoms with E-state index in [9.17, 15) is 10.2 Å². The molecule has 650 valence electrons. The van der Waals surface area contributed by atoms with Crippen LogP contribution in [0.3, 0.4) is 0 Å². The minimum atomic E-state index is -1.35. The van der Waals surface area contributed by atoms with Gasteiger partial charge in [0.25, 0.3) is 0 Å². The second-order valence-corrected chi connectivity index (χ2v) is 40.5. The summed E-state index contributed by atoms with van der Waals surface area (Å²) >= 11 is 7.21. The lowest BCUT2D eigenvalue weighted by Crippen LogP contribution is -2.29. The molecule has 4 aromatic heterocycles. The van der Waals surface area contributed by atoms with Crippen molar-refractivity contribution in [3.05, 3.63) is 200 Å². The van der Waals surface area contributed by atoms with Crippen LogP contribution in [0.5, 0.6) is 0 Å². The molecule has 0 saturated heterocycles. The van der Waals surface area contributed by atoms with Gasteiger partial charge < -0.3 is 10.2 Å². The van der Waals surface area contributed by atoms with Crippen LogP contribution in [0.2, 0.25) is 0 Å². The minimum Gasteiger partial charge on any atom is -0.376 e. The van der Waals surface area contributed by atoms with Gasteiger partial charge in [-0.25, -0.2) is 0 Å². The summed E-state index contributed by atoms with van der Waals surface area (Å²) in [5.41, 5.74) is 8.40. The van der Waals surface area contributed by atoms with E-state index < -0.39 is 11.2 Å². The second-order valence-electron chi connectivity index (χ2n) is 36.5. The van der Waals surface area contributed by atoms with Crippen LogP contribution in [0.1, 0.15) is 469 Å². The summed E-state index contributed by atoms with van der Waals surface area (Å²) in [5.74, 6) is 0. The molecule has 0 aliphatic carbocycles. The number of aryl methyl sites for hydroxylation is 4. The maximum atomic E-state index is 13.9. The standard InChI is InChI=1S/C112H166O2S4/c1-5-9-13-17-21-25-29-33-37-39-43-47-51-55-59-63-67-95-73-81-101(82-74-95)112(114,102-83-75-96(76-84-102)68-64-60-56-52-48-44-40-38-34-30-26-22-18-14-10-6-2)104-86-88-116-110(104)108-92-98-90-105-97(89-106(98)118-108)91-107(117-105)109-103(85-87-115-109)111(113,99-77-69-93(70-78-99)65-61-57-53-49-45-41-35-31-27-23-19-15-11-7-3)100-79-71-94(72-80-100)66-62-58-54-50-46-42-36-32-28-24-20-16-12-8-4/h69-92,113-114H,5-68H2,1-4H3. The first kappa shape index (κ1) is 97.2. The van der Waals surface area contributed by atoms with Crippen molar-refractivity contribution in [1.82, 2.24) is 0 Å². The Bertz CT molecular complexity index is 3660. The van der Waals surface area contributed by atoms with Crippen molar-refractivity contribution in [2.45, 2.75) is 450 Å². The lowest BCUT2D eigenvalue weighted by Gasteiger charge is -2.30. The van der Waals surface area contributed by atoms with Gasteiger partial charge in [0.05, 0.1) is 9.75 Å². The van der Waals surface area contributed by atoms with Gasteiger partial charge >= 0.3 is 0 Å². The number of fused-ring (bicyclic) bond motifs is 2. The van der Waals surface area contributed by atoms with Crippen molar-refractivity contribution < 1.29 is 10.2 Å². The molecule has 0 saturated carbocycles. The Hall–Kier alpha value is -4.66. The van der Waals surface area contributed by atoms with Crippen LogP contribution in [-0.4, -0.2) is 10.2 Å². The summed E-state index contributed by atoms with van der Waals surface area (Å²) in [5, 5.41) is 34.5. The molecule has 5 aromatic carbocycles.